The first-order chi connectivity index (χ1) is 11.0. The molecule has 0 amide bonds. The predicted octanol–water partition coefficient (Wildman–Crippen LogP) is 2.04. The van der Waals surface area contributed by atoms with Crippen LogP contribution in [0.15, 0.2) is 30.6 Å². The maximum Gasteiger partial charge on any atom is 0.336 e. The highest BCUT2D eigenvalue weighted by atomic mass is 16.5. The van der Waals surface area contributed by atoms with Crippen LogP contribution in [0.3, 0.4) is 0 Å². The van der Waals surface area contributed by atoms with Gasteiger partial charge in [-0.1, -0.05) is 0 Å². The zero-order chi connectivity index (χ0) is 17.0. The number of rotatable bonds is 6. The quantitative estimate of drug-likeness (QED) is 0.814. The van der Waals surface area contributed by atoms with E-state index in [0.29, 0.717) is 17.2 Å². The van der Waals surface area contributed by atoms with Crippen molar-refractivity contribution in [3.63, 3.8) is 0 Å². The van der Waals surface area contributed by atoms with Crippen molar-refractivity contribution in [1.82, 2.24) is 4.98 Å². The summed E-state index contributed by atoms with van der Waals surface area (Å²) in [6, 6.07) is 4.19. The summed E-state index contributed by atoms with van der Waals surface area (Å²) < 4.78 is 15.6. The second-order valence-electron chi connectivity index (χ2n) is 4.47. The molecular formula is C16H15NO6. The Labute approximate surface area is 132 Å². The van der Waals surface area contributed by atoms with Crippen LogP contribution in [0.4, 0.5) is 0 Å². The van der Waals surface area contributed by atoms with Crippen LogP contribution in [-0.2, 0) is 0 Å². The molecule has 7 nitrogen and oxygen atoms in total. The highest BCUT2D eigenvalue weighted by molar-refractivity contribution is 6.14. The summed E-state index contributed by atoms with van der Waals surface area (Å²) in [5.74, 6) is -0.763. The smallest absolute Gasteiger partial charge is 0.336 e. The Kier molecular flexibility index (Phi) is 4.80. The number of ketones is 1. The van der Waals surface area contributed by atoms with E-state index < -0.39 is 11.8 Å². The van der Waals surface area contributed by atoms with E-state index in [-0.39, 0.29) is 16.7 Å². The molecule has 2 aromatic rings. The number of carbonyl (C=O) groups is 2. The summed E-state index contributed by atoms with van der Waals surface area (Å²) in [7, 11) is 4.31. The summed E-state index contributed by atoms with van der Waals surface area (Å²) in [5.41, 5.74) is 0.0584. The number of methoxy groups -OCH3 is 3. The van der Waals surface area contributed by atoms with E-state index in [0.717, 1.165) is 0 Å². The molecule has 23 heavy (non-hydrogen) atoms. The highest BCUT2D eigenvalue weighted by Crippen LogP contribution is 2.38. The molecule has 7 heteroatoms. The van der Waals surface area contributed by atoms with Crippen LogP contribution in [0.25, 0.3) is 0 Å². The monoisotopic (exact) mass is 317 g/mol. The van der Waals surface area contributed by atoms with Crippen LogP contribution in [0.5, 0.6) is 17.2 Å². The van der Waals surface area contributed by atoms with Gasteiger partial charge >= 0.3 is 5.97 Å². The normalized spacial score (nSPS) is 10.0. The fraction of sp³-hybridized carbons (Fsp3) is 0.188. The third-order valence-corrected chi connectivity index (χ3v) is 3.22. The van der Waals surface area contributed by atoms with Crippen LogP contribution in [-0.4, -0.2) is 43.2 Å². The number of hydrogen-bond donors (Lipinski definition) is 1. The first-order valence-corrected chi connectivity index (χ1v) is 6.55. The lowest BCUT2D eigenvalue weighted by Crippen LogP contribution is -2.11. The number of carbonyl (C=O) groups excluding carboxylic acids is 1. The van der Waals surface area contributed by atoms with E-state index in [1.807, 2.05) is 0 Å². The molecule has 0 radical (unpaired) electrons. The molecule has 0 fully saturated rings. The van der Waals surface area contributed by atoms with Gasteiger partial charge in [0.15, 0.2) is 17.3 Å². The summed E-state index contributed by atoms with van der Waals surface area (Å²) in [6.45, 7) is 0. The molecular weight excluding hydrogens is 302 g/mol. The molecule has 0 unspecified atom stereocenters. The van der Waals surface area contributed by atoms with Gasteiger partial charge in [-0.15, -0.1) is 0 Å². The molecule has 1 heterocycles. The SMILES string of the molecule is COc1cc(C(=O)c2cnccc2C(=O)O)cc(OC)c1OC. The molecule has 0 aliphatic carbocycles. The van der Waals surface area contributed by atoms with Crippen molar-refractivity contribution >= 4 is 11.8 Å². The van der Waals surface area contributed by atoms with Crippen molar-refractivity contribution in [2.45, 2.75) is 0 Å². The number of aromatic nitrogens is 1. The lowest BCUT2D eigenvalue weighted by atomic mass is 9.99. The maximum atomic E-state index is 12.7. The van der Waals surface area contributed by atoms with Gasteiger partial charge in [-0.3, -0.25) is 9.78 Å². The topological polar surface area (TPSA) is 95.0 Å². The Morgan fingerprint density at radius 1 is 1.00 bits per heavy atom. The number of nitrogens with zero attached hydrogens (tertiary/aromatic N) is 1. The largest absolute Gasteiger partial charge is 0.493 e. The van der Waals surface area contributed by atoms with Crippen molar-refractivity contribution in [2.75, 3.05) is 21.3 Å². The second-order valence-corrected chi connectivity index (χ2v) is 4.47. The van der Waals surface area contributed by atoms with Crippen LogP contribution in [0.1, 0.15) is 26.3 Å². The summed E-state index contributed by atoms with van der Waals surface area (Å²) in [4.78, 5) is 27.7. The average Bonchev–Trinajstić information content (AvgIpc) is 2.59. The van der Waals surface area contributed by atoms with Crippen molar-refractivity contribution in [2.24, 2.45) is 0 Å². The number of pyridine rings is 1. The zero-order valence-electron chi connectivity index (χ0n) is 12.8. The van der Waals surface area contributed by atoms with E-state index in [1.165, 1.54) is 51.9 Å². The first-order valence-electron chi connectivity index (χ1n) is 6.55. The van der Waals surface area contributed by atoms with Gasteiger partial charge in [-0.05, 0) is 18.2 Å². The second kappa shape index (κ2) is 6.78. The minimum absolute atomic E-state index is 0.0192. The molecule has 0 saturated heterocycles. The Hall–Kier alpha value is -3.09. The molecule has 1 N–H and O–H groups in total. The van der Waals surface area contributed by atoms with Crippen LogP contribution in [0.2, 0.25) is 0 Å². The zero-order valence-corrected chi connectivity index (χ0v) is 12.8. The standard InChI is InChI=1S/C16H15NO6/c1-21-12-6-9(7-13(22-2)15(12)23-3)14(18)11-8-17-5-4-10(11)16(19)20/h4-8H,1-3H3,(H,19,20). The lowest BCUT2D eigenvalue weighted by molar-refractivity contribution is 0.0692. The van der Waals surface area contributed by atoms with E-state index in [4.69, 9.17) is 14.2 Å². The lowest BCUT2D eigenvalue weighted by Gasteiger charge is -2.14. The first kappa shape index (κ1) is 16.3. The third kappa shape index (κ3) is 3.08. The maximum absolute atomic E-state index is 12.7. The number of aromatic carboxylic acids is 1. The van der Waals surface area contributed by atoms with Gasteiger partial charge in [0.05, 0.1) is 32.5 Å². The van der Waals surface area contributed by atoms with E-state index >= 15 is 0 Å². The molecule has 0 saturated carbocycles. The minimum atomic E-state index is -1.21. The Morgan fingerprint density at radius 2 is 1.61 bits per heavy atom. The predicted molar refractivity (Wildman–Crippen MR) is 80.7 cm³/mol. The summed E-state index contributed by atoms with van der Waals surface area (Å²) in [5, 5.41) is 9.20. The molecule has 2 rings (SSSR count). The number of benzene rings is 1. The van der Waals surface area contributed by atoms with E-state index in [2.05, 4.69) is 4.98 Å². The number of hydrogen-bond acceptors (Lipinski definition) is 6. The van der Waals surface area contributed by atoms with E-state index in [1.54, 1.807) is 0 Å². The van der Waals surface area contributed by atoms with Crippen LogP contribution in [0, 0.1) is 0 Å². The molecule has 0 spiro atoms. The highest BCUT2D eigenvalue weighted by Gasteiger charge is 2.22. The van der Waals surface area contributed by atoms with Gasteiger partial charge in [0.25, 0.3) is 0 Å². The van der Waals surface area contributed by atoms with Crippen molar-refractivity contribution in [1.29, 1.82) is 0 Å². The van der Waals surface area contributed by atoms with Gasteiger partial charge in [0, 0.05) is 18.0 Å². The molecule has 1 aromatic heterocycles. The Morgan fingerprint density at radius 3 is 2.09 bits per heavy atom. The minimum Gasteiger partial charge on any atom is -0.493 e. The number of ether oxygens (including phenoxy) is 3. The third-order valence-electron chi connectivity index (χ3n) is 3.22. The fourth-order valence-electron chi connectivity index (χ4n) is 2.13. The number of carboxylic acids is 1. The van der Waals surface area contributed by atoms with Gasteiger partial charge in [0.1, 0.15) is 0 Å². The van der Waals surface area contributed by atoms with Gasteiger partial charge in [-0.25, -0.2) is 4.79 Å². The molecule has 120 valence electrons. The molecule has 0 bridgehead atoms. The van der Waals surface area contributed by atoms with Crippen molar-refractivity contribution in [3.05, 3.63) is 47.3 Å². The number of carboxylic acid groups (broad SMARTS) is 1. The van der Waals surface area contributed by atoms with Crippen molar-refractivity contribution in [3.8, 4) is 17.2 Å². The van der Waals surface area contributed by atoms with Crippen molar-refractivity contribution < 1.29 is 28.9 Å². The van der Waals surface area contributed by atoms with Crippen LogP contribution >= 0.6 is 0 Å². The molecule has 0 atom stereocenters. The molecule has 1 aromatic carbocycles. The fourth-order valence-corrected chi connectivity index (χ4v) is 2.13. The van der Waals surface area contributed by atoms with Gasteiger partial charge in [0.2, 0.25) is 5.75 Å². The van der Waals surface area contributed by atoms with Gasteiger partial charge < -0.3 is 19.3 Å². The van der Waals surface area contributed by atoms with Gasteiger partial charge in [-0.2, -0.15) is 0 Å². The molecule has 0 aliphatic heterocycles. The van der Waals surface area contributed by atoms with E-state index in [9.17, 15) is 14.7 Å². The molecule has 0 aliphatic rings. The summed E-state index contributed by atoms with van der Waals surface area (Å²) in [6.07, 6.45) is 2.53. The summed E-state index contributed by atoms with van der Waals surface area (Å²) >= 11 is 0. The Bertz CT molecular complexity index is 731. The van der Waals surface area contributed by atoms with Crippen LogP contribution < -0.4 is 14.2 Å². The average molecular weight is 317 g/mol. The Balaban J connectivity index is 2.59.